The molecule has 0 aliphatic carbocycles. The van der Waals surface area contributed by atoms with E-state index in [1.807, 2.05) is 36.7 Å². The Morgan fingerprint density at radius 2 is 2.10 bits per heavy atom. The van der Waals surface area contributed by atoms with Gasteiger partial charge in [-0.05, 0) is 18.2 Å². The van der Waals surface area contributed by atoms with Gasteiger partial charge in [0.25, 0.3) is 0 Å². The molecule has 7 heteroatoms. The van der Waals surface area contributed by atoms with Crippen molar-refractivity contribution in [2.24, 2.45) is 0 Å². The SMILES string of the molecule is CNCc1cccc(CS(=O)(=O)NCCc2cscn2)c1. The van der Waals surface area contributed by atoms with Crippen LogP contribution in [-0.4, -0.2) is 27.0 Å². The second kappa shape index (κ2) is 7.65. The van der Waals surface area contributed by atoms with Gasteiger partial charge in [-0.1, -0.05) is 24.3 Å². The van der Waals surface area contributed by atoms with Gasteiger partial charge in [0, 0.05) is 24.9 Å². The van der Waals surface area contributed by atoms with Gasteiger partial charge in [0.05, 0.1) is 17.0 Å². The number of benzene rings is 1. The molecule has 0 radical (unpaired) electrons. The zero-order chi connectivity index (χ0) is 15.1. The second-order valence-corrected chi connectivity index (χ2v) is 7.26. The maximum Gasteiger partial charge on any atom is 0.215 e. The highest BCUT2D eigenvalue weighted by Crippen LogP contribution is 2.09. The van der Waals surface area contributed by atoms with Crippen molar-refractivity contribution in [1.82, 2.24) is 15.0 Å². The summed E-state index contributed by atoms with van der Waals surface area (Å²) in [4.78, 5) is 4.13. The van der Waals surface area contributed by atoms with Gasteiger partial charge in [-0.25, -0.2) is 18.1 Å². The van der Waals surface area contributed by atoms with Crippen LogP contribution in [0.15, 0.2) is 35.2 Å². The monoisotopic (exact) mass is 325 g/mol. The van der Waals surface area contributed by atoms with Crippen molar-refractivity contribution in [2.45, 2.75) is 18.7 Å². The zero-order valence-corrected chi connectivity index (χ0v) is 13.5. The van der Waals surface area contributed by atoms with E-state index in [-0.39, 0.29) is 5.75 Å². The number of aromatic nitrogens is 1. The van der Waals surface area contributed by atoms with Crippen LogP contribution in [0.5, 0.6) is 0 Å². The lowest BCUT2D eigenvalue weighted by atomic mass is 10.1. The molecule has 2 N–H and O–H groups in total. The van der Waals surface area contributed by atoms with Gasteiger partial charge in [-0.2, -0.15) is 0 Å². The van der Waals surface area contributed by atoms with E-state index in [1.54, 1.807) is 5.51 Å². The Morgan fingerprint density at radius 3 is 2.81 bits per heavy atom. The van der Waals surface area contributed by atoms with Crippen molar-refractivity contribution < 1.29 is 8.42 Å². The third kappa shape index (κ3) is 5.55. The minimum absolute atomic E-state index is 0.00161. The molecule has 2 aromatic rings. The molecule has 0 saturated heterocycles. The van der Waals surface area contributed by atoms with Crippen molar-refractivity contribution in [1.29, 1.82) is 0 Å². The van der Waals surface area contributed by atoms with E-state index >= 15 is 0 Å². The maximum atomic E-state index is 12.1. The van der Waals surface area contributed by atoms with Crippen molar-refractivity contribution >= 4 is 21.4 Å². The van der Waals surface area contributed by atoms with E-state index in [0.717, 1.165) is 23.4 Å². The van der Waals surface area contributed by atoms with Crippen molar-refractivity contribution in [3.63, 3.8) is 0 Å². The van der Waals surface area contributed by atoms with Crippen LogP contribution in [0.25, 0.3) is 0 Å². The van der Waals surface area contributed by atoms with E-state index in [1.165, 1.54) is 11.3 Å². The van der Waals surface area contributed by atoms with Gasteiger partial charge in [0.15, 0.2) is 0 Å². The van der Waals surface area contributed by atoms with Gasteiger partial charge in [-0.3, -0.25) is 0 Å². The van der Waals surface area contributed by atoms with Gasteiger partial charge in [0.1, 0.15) is 0 Å². The topological polar surface area (TPSA) is 71.1 Å². The summed E-state index contributed by atoms with van der Waals surface area (Å²) in [7, 11) is -1.45. The summed E-state index contributed by atoms with van der Waals surface area (Å²) in [5.41, 5.74) is 4.53. The zero-order valence-electron chi connectivity index (χ0n) is 11.9. The van der Waals surface area contributed by atoms with Crippen molar-refractivity contribution in [3.05, 3.63) is 52.0 Å². The summed E-state index contributed by atoms with van der Waals surface area (Å²) in [5.74, 6) is 0.00161. The predicted octanol–water partition coefficient (Wildman–Crippen LogP) is 1.52. The molecule has 0 spiro atoms. The number of thiazole rings is 1. The van der Waals surface area contributed by atoms with E-state index in [4.69, 9.17) is 0 Å². The lowest BCUT2D eigenvalue weighted by molar-refractivity contribution is 0.580. The molecule has 0 aliphatic rings. The fraction of sp³-hybridized carbons (Fsp3) is 0.357. The Hall–Kier alpha value is -1.28. The second-order valence-electron chi connectivity index (χ2n) is 4.73. The van der Waals surface area contributed by atoms with Crippen LogP contribution >= 0.6 is 11.3 Å². The molecule has 1 aromatic carbocycles. The lowest BCUT2D eigenvalue weighted by Gasteiger charge is -2.08. The fourth-order valence-corrected chi connectivity index (χ4v) is 3.73. The van der Waals surface area contributed by atoms with Crippen molar-refractivity contribution in [2.75, 3.05) is 13.6 Å². The first kappa shape index (κ1) is 16.1. The Bertz CT molecular complexity index is 655. The molecular formula is C14H19N3O2S2. The summed E-state index contributed by atoms with van der Waals surface area (Å²) in [6, 6.07) is 7.60. The fourth-order valence-electron chi connectivity index (χ4n) is 2.00. The van der Waals surface area contributed by atoms with Crippen LogP contribution in [-0.2, 0) is 28.7 Å². The number of hydrogen-bond acceptors (Lipinski definition) is 5. The summed E-state index contributed by atoms with van der Waals surface area (Å²) in [6.45, 7) is 1.10. The molecule has 0 bridgehead atoms. The van der Waals surface area contributed by atoms with Gasteiger partial charge < -0.3 is 5.32 Å². The number of rotatable bonds is 8. The van der Waals surface area contributed by atoms with E-state index in [2.05, 4.69) is 15.0 Å². The summed E-state index contributed by atoms with van der Waals surface area (Å²) in [5, 5.41) is 4.98. The normalized spacial score (nSPS) is 11.7. The average molecular weight is 325 g/mol. The molecule has 0 aliphatic heterocycles. The van der Waals surface area contributed by atoms with Crippen LogP contribution in [0.4, 0.5) is 0 Å². The molecule has 21 heavy (non-hydrogen) atoms. The Kier molecular flexibility index (Phi) is 5.86. The van der Waals surface area contributed by atoms with E-state index in [9.17, 15) is 8.42 Å². The minimum Gasteiger partial charge on any atom is -0.316 e. The number of nitrogens with zero attached hydrogens (tertiary/aromatic N) is 1. The Labute approximate surface area is 129 Å². The molecule has 0 saturated carbocycles. The van der Waals surface area contributed by atoms with Gasteiger partial charge in [0.2, 0.25) is 10.0 Å². The highest BCUT2D eigenvalue weighted by atomic mass is 32.2. The lowest BCUT2D eigenvalue weighted by Crippen LogP contribution is -2.27. The first-order chi connectivity index (χ1) is 10.1. The largest absolute Gasteiger partial charge is 0.316 e. The molecule has 5 nitrogen and oxygen atoms in total. The maximum absolute atomic E-state index is 12.1. The van der Waals surface area contributed by atoms with Gasteiger partial charge in [-0.15, -0.1) is 11.3 Å². The van der Waals surface area contributed by atoms with E-state index in [0.29, 0.717) is 13.0 Å². The van der Waals surface area contributed by atoms with Crippen LogP contribution in [0.1, 0.15) is 16.8 Å². The molecule has 1 aromatic heterocycles. The summed E-state index contributed by atoms with van der Waals surface area (Å²) >= 11 is 1.51. The molecule has 114 valence electrons. The highest BCUT2D eigenvalue weighted by molar-refractivity contribution is 7.88. The third-order valence-corrected chi connectivity index (χ3v) is 4.91. The molecule has 0 unspecified atom stereocenters. The van der Waals surface area contributed by atoms with Crippen LogP contribution < -0.4 is 10.0 Å². The molecule has 0 fully saturated rings. The number of nitrogens with one attached hydrogen (secondary N) is 2. The summed E-state index contributed by atoms with van der Waals surface area (Å²) < 4.78 is 26.7. The highest BCUT2D eigenvalue weighted by Gasteiger charge is 2.11. The van der Waals surface area contributed by atoms with Crippen LogP contribution in [0.2, 0.25) is 0 Å². The molecule has 1 heterocycles. The average Bonchev–Trinajstić information content (AvgIpc) is 2.92. The first-order valence-electron chi connectivity index (χ1n) is 6.66. The number of hydrogen-bond donors (Lipinski definition) is 2. The van der Waals surface area contributed by atoms with Crippen LogP contribution in [0, 0.1) is 0 Å². The molecule has 0 amide bonds. The van der Waals surface area contributed by atoms with E-state index < -0.39 is 10.0 Å². The van der Waals surface area contributed by atoms with Gasteiger partial charge >= 0.3 is 0 Å². The Morgan fingerprint density at radius 1 is 1.29 bits per heavy atom. The smallest absolute Gasteiger partial charge is 0.215 e. The Balaban J connectivity index is 1.89. The summed E-state index contributed by atoms with van der Waals surface area (Å²) in [6.07, 6.45) is 0.614. The standard InChI is InChI=1S/C14H19N3O2S2/c1-15-8-12-3-2-4-13(7-12)10-21(18,19)17-6-5-14-9-20-11-16-14/h2-4,7,9,11,15,17H,5-6,8,10H2,1H3. The molecule has 0 atom stereocenters. The first-order valence-corrected chi connectivity index (χ1v) is 9.25. The predicted molar refractivity (Wildman–Crippen MR) is 85.7 cm³/mol. The minimum atomic E-state index is -3.31. The van der Waals surface area contributed by atoms with Crippen molar-refractivity contribution in [3.8, 4) is 0 Å². The van der Waals surface area contributed by atoms with Crippen LogP contribution in [0.3, 0.4) is 0 Å². The quantitative estimate of drug-likeness (QED) is 0.772. The third-order valence-electron chi connectivity index (χ3n) is 2.92. The molecule has 2 rings (SSSR count). The number of sulfonamides is 1. The molecular weight excluding hydrogens is 306 g/mol.